The third kappa shape index (κ3) is 6.62. The molecule has 0 bridgehead atoms. The molecule has 24 heavy (non-hydrogen) atoms. The van der Waals surface area contributed by atoms with Gasteiger partial charge >= 0.3 is 0 Å². The lowest BCUT2D eigenvalue weighted by molar-refractivity contribution is -0.122. The van der Waals surface area contributed by atoms with Crippen LogP contribution in [0.4, 0.5) is 0 Å². The minimum absolute atomic E-state index is 0.0425. The second kappa shape index (κ2) is 9.80. The Hall–Kier alpha value is -1.39. The molecular formula is C20H33N3O. The number of carbonyl (C=O) groups excluding carboxylic acids is 1. The second-order valence-corrected chi connectivity index (χ2v) is 7.50. The third-order valence-electron chi connectivity index (χ3n) is 4.78. The van der Waals surface area contributed by atoms with Gasteiger partial charge in [-0.25, -0.2) is 0 Å². The number of hydrogen-bond donors (Lipinski definition) is 2. The van der Waals surface area contributed by atoms with Crippen molar-refractivity contribution in [1.82, 2.24) is 10.2 Å². The molecule has 0 aliphatic carbocycles. The van der Waals surface area contributed by atoms with Gasteiger partial charge in [-0.2, -0.15) is 0 Å². The molecule has 1 saturated heterocycles. The van der Waals surface area contributed by atoms with Crippen LogP contribution in [-0.2, 0) is 11.2 Å². The first-order valence-electron chi connectivity index (χ1n) is 9.34. The summed E-state index contributed by atoms with van der Waals surface area (Å²) in [7, 11) is 0. The van der Waals surface area contributed by atoms with Crippen molar-refractivity contribution in [2.75, 3.05) is 26.2 Å². The van der Waals surface area contributed by atoms with Crippen LogP contribution in [0.1, 0.15) is 38.7 Å². The monoisotopic (exact) mass is 331 g/mol. The first-order chi connectivity index (χ1) is 11.5. The van der Waals surface area contributed by atoms with Crippen molar-refractivity contribution < 1.29 is 4.79 Å². The highest BCUT2D eigenvalue weighted by Crippen LogP contribution is 2.20. The predicted octanol–water partition coefficient (Wildman–Crippen LogP) is 2.43. The van der Waals surface area contributed by atoms with E-state index in [0.717, 1.165) is 43.3 Å². The molecule has 4 nitrogen and oxygen atoms in total. The highest BCUT2D eigenvalue weighted by molar-refractivity contribution is 5.81. The first-order valence-corrected chi connectivity index (χ1v) is 9.34. The maximum absolute atomic E-state index is 12.1. The van der Waals surface area contributed by atoms with Crippen LogP contribution in [0.2, 0.25) is 0 Å². The number of unbranched alkanes of at least 4 members (excludes halogenated alkanes) is 1. The van der Waals surface area contributed by atoms with E-state index in [2.05, 4.69) is 24.1 Å². The fourth-order valence-electron chi connectivity index (χ4n) is 3.74. The zero-order chi connectivity index (χ0) is 17.4. The van der Waals surface area contributed by atoms with Gasteiger partial charge in [-0.1, -0.05) is 44.2 Å². The summed E-state index contributed by atoms with van der Waals surface area (Å²) in [5.74, 6) is 1.58. The van der Waals surface area contributed by atoms with E-state index < -0.39 is 6.04 Å². The van der Waals surface area contributed by atoms with Gasteiger partial charge in [0.2, 0.25) is 5.91 Å². The summed E-state index contributed by atoms with van der Waals surface area (Å²) in [5, 5.41) is 2.98. The van der Waals surface area contributed by atoms with Gasteiger partial charge < -0.3 is 16.0 Å². The third-order valence-corrected chi connectivity index (χ3v) is 4.78. The summed E-state index contributed by atoms with van der Waals surface area (Å²) in [4.78, 5) is 14.6. The van der Waals surface area contributed by atoms with Crippen molar-refractivity contribution >= 4 is 5.91 Å². The van der Waals surface area contributed by atoms with Crippen molar-refractivity contribution in [1.29, 1.82) is 0 Å². The van der Waals surface area contributed by atoms with Crippen molar-refractivity contribution in [2.24, 2.45) is 17.6 Å². The van der Waals surface area contributed by atoms with E-state index in [0.29, 0.717) is 6.42 Å². The lowest BCUT2D eigenvalue weighted by atomic mass is 9.92. The molecule has 0 spiro atoms. The molecule has 4 heteroatoms. The molecule has 3 unspecified atom stereocenters. The fourth-order valence-corrected chi connectivity index (χ4v) is 3.74. The molecular weight excluding hydrogens is 298 g/mol. The number of nitrogens with one attached hydrogen (secondary N) is 1. The van der Waals surface area contributed by atoms with Gasteiger partial charge in [-0.05, 0) is 49.6 Å². The normalized spacial score (nSPS) is 23.0. The molecule has 1 aromatic carbocycles. The number of nitrogens with zero attached hydrogens (tertiary/aromatic N) is 1. The van der Waals surface area contributed by atoms with E-state index >= 15 is 0 Å². The maximum atomic E-state index is 12.1. The molecule has 1 fully saturated rings. The Morgan fingerprint density at radius 2 is 1.88 bits per heavy atom. The predicted molar refractivity (Wildman–Crippen MR) is 99.8 cm³/mol. The molecule has 1 aromatic rings. The Morgan fingerprint density at radius 3 is 2.54 bits per heavy atom. The minimum atomic E-state index is -0.462. The summed E-state index contributed by atoms with van der Waals surface area (Å²) >= 11 is 0. The van der Waals surface area contributed by atoms with Crippen LogP contribution in [0.3, 0.4) is 0 Å². The van der Waals surface area contributed by atoms with Crippen LogP contribution < -0.4 is 11.1 Å². The Bertz CT molecular complexity index is 481. The zero-order valence-corrected chi connectivity index (χ0v) is 15.2. The SMILES string of the molecule is CC1CC(C)CN(CCCCNC(=O)C(N)Cc2ccccc2)C1. The number of carbonyl (C=O) groups is 1. The summed E-state index contributed by atoms with van der Waals surface area (Å²) in [6.45, 7) is 8.99. The summed E-state index contributed by atoms with van der Waals surface area (Å²) in [6.07, 6.45) is 4.10. The van der Waals surface area contributed by atoms with E-state index in [1.165, 1.54) is 19.5 Å². The fraction of sp³-hybridized carbons (Fsp3) is 0.650. The first kappa shape index (κ1) is 18.9. The molecule has 3 atom stereocenters. The number of likely N-dealkylation sites (tertiary alicyclic amines) is 1. The minimum Gasteiger partial charge on any atom is -0.355 e. The lowest BCUT2D eigenvalue weighted by Gasteiger charge is -2.34. The average molecular weight is 332 g/mol. The van der Waals surface area contributed by atoms with Gasteiger partial charge in [-0.15, -0.1) is 0 Å². The van der Waals surface area contributed by atoms with Crippen molar-refractivity contribution in [3.05, 3.63) is 35.9 Å². The van der Waals surface area contributed by atoms with Crippen LogP contribution in [-0.4, -0.2) is 43.0 Å². The number of piperidine rings is 1. The summed E-state index contributed by atoms with van der Waals surface area (Å²) < 4.78 is 0. The molecule has 1 amide bonds. The molecule has 3 N–H and O–H groups in total. The van der Waals surface area contributed by atoms with E-state index in [1.54, 1.807) is 0 Å². The van der Waals surface area contributed by atoms with Gasteiger partial charge in [0.05, 0.1) is 6.04 Å². The molecule has 1 aliphatic rings. The maximum Gasteiger partial charge on any atom is 0.237 e. The number of amides is 1. The Kier molecular flexibility index (Phi) is 7.73. The van der Waals surface area contributed by atoms with E-state index in [-0.39, 0.29) is 5.91 Å². The van der Waals surface area contributed by atoms with Gasteiger partial charge in [0.25, 0.3) is 0 Å². The van der Waals surface area contributed by atoms with Gasteiger partial charge in [0.15, 0.2) is 0 Å². The molecule has 0 radical (unpaired) electrons. The van der Waals surface area contributed by atoms with Gasteiger partial charge in [-0.3, -0.25) is 4.79 Å². The average Bonchev–Trinajstić information content (AvgIpc) is 2.54. The smallest absolute Gasteiger partial charge is 0.237 e. The zero-order valence-electron chi connectivity index (χ0n) is 15.2. The quantitative estimate of drug-likeness (QED) is 0.719. The molecule has 2 rings (SSSR count). The van der Waals surface area contributed by atoms with Gasteiger partial charge in [0.1, 0.15) is 0 Å². The van der Waals surface area contributed by atoms with Crippen LogP contribution in [0, 0.1) is 11.8 Å². The molecule has 1 heterocycles. The lowest BCUT2D eigenvalue weighted by Crippen LogP contribution is -2.42. The number of rotatable bonds is 8. The Balaban J connectivity index is 1.57. The standard InChI is InChI=1S/C20H33N3O/c1-16-12-17(2)15-23(14-16)11-7-6-10-22-20(24)19(21)13-18-8-4-3-5-9-18/h3-5,8-9,16-17,19H,6-7,10-15,21H2,1-2H3,(H,22,24). The second-order valence-electron chi connectivity index (χ2n) is 7.50. The van der Waals surface area contributed by atoms with Gasteiger partial charge in [0, 0.05) is 19.6 Å². The van der Waals surface area contributed by atoms with Crippen LogP contribution in [0.5, 0.6) is 0 Å². The molecule has 0 aromatic heterocycles. The molecule has 1 aliphatic heterocycles. The van der Waals surface area contributed by atoms with Crippen LogP contribution >= 0.6 is 0 Å². The van der Waals surface area contributed by atoms with Crippen LogP contribution in [0.15, 0.2) is 30.3 Å². The number of benzene rings is 1. The largest absolute Gasteiger partial charge is 0.355 e. The Morgan fingerprint density at radius 1 is 1.21 bits per heavy atom. The molecule has 134 valence electrons. The number of hydrogen-bond acceptors (Lipinski definition) is 3. The van der Waals surface area contributed by atoms with E-state index in [9.17, 15) is 4.79 Å². The van der Waals surface area contributed by atoms with E-state index in [4.69, 9.17) is 5.73 Å². The summed E-state index contributed by atoms with van der Waals surface area (Å²) in [6, 6.07) is 9.47. The van der Waals surface area contributed by atoms with Crippen molar-refractivity contribution in [3.63, 3.8) is 0 Å². The van der Waals surface area contributed by atoms with Crippen LogP contribution in [0.25, 0.3) is 0 Å². The summed E-state index contributed by atoms with van der Waals surface area (Å²) in [5.41, 5.74) is 7.10. The van der Waals surface area contributed by atoms with E-state index in [1.807, 2.05) is 30.3 Å². The highest BCUT2D eigenvalue weighted by atomic mass is 16.2. The topological polar surface area (TPSA) is 58.4 Å². The van der Waals surface area contributed by atoms with Crippen molar-refractivity contribution in [2.45, 2.75) is 45.6 Å². The highest BCUT2D eigenvalue weighted by Gasteiger charge is 2.21. The molecule has 0 saturated carbocycles. The Labute approximate surface area is 146 Å². The number of nitrogens with two attached hydrogens (primary N) is 1. The van der Waals surface area contributed by atoms with Crippen molar-refractivity contribution in [3.8, 4) is 0 Å².